The van der Waals surface area contributed by atoms with E-state index < -0.39 is 0 Å². The maximum atomic E-state index is 4.10. The van der Waals surface area contributed by atoms with E-state index in [4.69, 9.17) is 0 Å². The zero-order valence-corrected chi connectivity index (χ0v) is 5.65. The summed E-state index contributed by atoms with van der Waals surface area (Å²) in [4.78, 5) is 8.17. The van der Waals surface area contributed by atoms with Crippen molar-refractivity contribution in [3.63, 3.8) is 0 Å². The monoisotopic (exact) mass is 128 g/mol. The van der Waals surface area contributed by atoms with Gasteiger partial charge in [-0.3, -0.25) is 4.99 Å². The van der Waals surface area contributed by atoms with Crippen LogP contribution in [0.3, 0.4) is 0 Å². The zero-order valence-electron chi connectivity index (χ0n) is 4.76. The molecule has 0 radical (unpaired) electrons. The fourth-order valence-electron chi connectivity index (χ4n) is 0.582. The number of rotatable bonds is 1. The number of amidine groups is 1. The van der Waals surface area contributed by atoms with Crippen LogP contribution in [-0.4, -0.2) is 23.8 Å². The van der Waals surface area contributed by atoms with Crippen molar-refractivity contribution in [1.82, 2.24) is 0 Å². The molecule has 0 unspecified atom stereocenters. The minimum Gasteiger partial charge on any atom is -0.264 e. The van der Waals surface area contributed by atoms with E-state index in [9.17, 15) is 0 Å². The number of hydrogen-bond acceptors (Lipinski definition) is 3. The van der Waals surface area contributed by atoms with E-state index in [2.05, 4.69) is 22.6 Å². The minimum atomic E-state index is 0.664. The van der Waals surface area contributed by atoms with Crippen LogP contribution < -0.4 is 0 Å². The normalized spacial score (nSPS) is 18.2. The van der Waals surface area contributed by atoms with Crippen LogP contribution in [-0.2, 0) is 0 Å². The van der Waals surface area contributed by atoms with Gasteiger partial charge in [0.2, 0.25) is 0 Å². The molecule has 0 atom stereocenters. The molecule has 0 amide bonds. The van der Waals surface area contributed by atoms with Gasteiger partial charge in [-0.15, -0.1) is 0 Å². The van der Waals surface area contributed by atoms with Crippen molar-refractivity contribution >= 4 is 24.2 Å². The predicted molar refractivity (Wildman–Crippen MR) is 39.3 cm³/mol. The molecule has 0 bridgehead atoms. The summed E-state index contributed by atoms with van der Waals surface area (Å²) < 4.78 is 0. The van der Waals surface area contributed by atoms with Crippen molar-refractivity contribution in [2.75, 3.05) is 12.3 Å². The highest BCUT2D eigenvalue weighted by Gasteiger charge is 2.01. The summed E-state index contributed by atoms with van der Waals surface area (Å²) in [5.41, 5.74) is 1.09. The van der Waals surface area contributed by atoms with Gasteiger partial charge in [-0.05, 0) is 6.92 Å². The molecular formula is C5H8N2S. The van der Waals surface area contributed by atoms with Gasteiger partial charge in [-0.2, -0.15) is 12.6 Å². The van der Waals surface area contributed by atoms with Gasteiger partial charge in [0.15, 0.2) is 0 Å². The summed E-state index contributed by atoms with van der Waals surface area (Å²) in [7, 11) is 0. The van der Waals surface area contributed by atoms with Crippen molar-refractivity contribution in [3.8, 4) is 0 Å². The van der Waals surface area contributed by atoms with Crippen LogP contribution in [0.15, 0.2) is 9.98 Å². The van der Waals surface area contributed by atoms with Gasteiger partial charge >= 0.3 is 0 Å². The van der Waals surface area contributed by atoms with E-state index in [1.165, 1.54) is 0 Å². The molecule has 0 saturated carbocycles. The van der Waals surface area contributed by atoms with Crippen molar-refractivity contribution in [3.05, 3.63) is 0 Å². The third kappa shape index (κ3) is 1.10. The first-order valence-electron chi connectivity index (χ1n) is 2.51. The molecule has 0 aliphatic carbocycles. The zero-order chi connectivity index (χ0) is 5.98. The molecule has 3 heteroatoms. The summed E-state index contributed by atoms with van der Waals surface area (Å²) in [6.07, 6.45) is 0. The summed E-state index contributed by atoms with van der Waals surface area (Å²) in [5, 5.41) is 0. The highest BCUT2D eigenvalue weighted by Crippen LogP contribution is 1.96. The van der Waals surface area contributed by atoms with E-state index in [-0.39, 0.29) is 0 Å². The second-order valence-electron chi connectivity index (χ2n) is 1.74. The van der Waals surface area contributed by atoms with E-state index in [1.807, 2.05) is 6.92 Å². The van der Waals surface area contributed by atoms with Crippen LogP contribution in [0, 0.1) is 0 Å². The van der Waals surface area contributed by atoms with Gasteiger partial charge in [0.05, 0.1) is 12.3 Å². The summed E-state index contributed by atoms with van der Waals surface area (Å²) >= 11 is 4.02. The third-order valence-electron chi connectivity index (χ3n) is 0.952. The van der Waals surface area contributed by atoms with Crippen LogP contribution in [0.2, 0.25) is 0 Å². The molecule has 8 heavy (non-hydrogen) atoms. The molecule has 0 saturated heterocycles. The largest absolute Gasteiger partial charge is 0.264 e. The van der Waals surface area contributed by atoms with Gasteiger partial charge in [-0.25, -0.2) is 4.99 Å². The SMILES string of the molecule is CC1=NC(CS)=NC1. The van der Waals surface area contributed by atoms with Crippen molar-refractivity contribution in [1.29, 1.82) is 0 Å². The lowest BCUT2D eigenvalue weighted by atomic mass is 10.4. The average molecular weight is 128 g/mol. The van der Waals surface area contributed by atoms with Gasteiger partial charge < -0.3 is 0 Å². The Morgan fingerprint density at radius 2 is 2.50 bits per heavy atom. The molecule has 0 aromatic heterocycles. The number of aliphatic imine (C=N–C) groups is 2. The van der Waals surface area contributed by atoms with E-state index >= 15 is 0 Å². The molecule has 44 valence electrons. The lowest BCUT2D eigenvalue weighted by molar-refractivity contribution is 1.33. The maximum absolute atomic E-state index is 4.10. The number of hydrogen-bond donors (Lipinski definition) is 1. The summed E-state index contributed by atoms with van der Waals surface area (Å²) in [6.45, 7) is 2.75. The minimum absolute atomic E-state index is 0.664. The highest BCUT2D eigenvalue weighted by atomic mass is 32.1. The molecule has 1 aliphatic rings. The molecule has 0 aromatic rings. The predicted octanol–water partition coefficient (Wildman–Crippen LogP) is 0.789. The smallest absolute Gasteiger partial charge is 0.133 e. The Morgan fingerprint density at radius 1 is 1.75 bits per heavy atom. The van der Waals surface area contributed by atoms with Crippen LogP contribution in [0.1, 0.15) is 6.92 Å². The Balaban J connectivity index is 2.58. The second-order valence-corrected chi connectivity index (χ2v) is 2.05. The van der Waals surface area contributed by atoms with Crippen LogP contribution in [0.4, 0.5) is 0 Å². The van der Waals surface area contributed by atoms with Gasteiger partial charge in [0.1, 0.15) is 5.84 Å². The molecule has 1 rings (SSSR count). The lowest BCUT2D eigenvalue weighted by Crippen LogP contribution is -1.90. The molecule has 0 aromatic carbocycles. The highest BCUT2D eigenvalue weighted by molar-refractivity contribution is 7.81. The first kappa shape index (κ1) is 5.82. The Bertz CT molecular complexity index is 149. The summed E-state index contributed by atoms with van der Waals surface area (Å²) in [6, 6.07) is 0. The third-order valence-corrected chi connectivity index (χ3v) is 1.23. The molecule has 1 aliphatic heterocycles. The first-order chi connectivity index (χ1) is 3.83. The standard InChI is InChI=1S/C5H8N2S/c1-4-2-6-5(3-8)7-4/h8H,2-3H2,1H3. The Kier molecular flexibility index (Phi) is 1.68. The average Bonchev–Trinajstić information content (AvgIpc) is 2.14. The molecule has 2 nitrogen and oxygen atoms in total. The van der Waals surface area contributed by atoms with Crippen LogP contribution >= 0.6 is 12.6 Å². The molecule has 0 spiro atoms. The molecule has 1 heterocycles. The van der Waals surface area contributed by atoms with Crippen LogP contribution in [0.5, 0.6) is 0 Å². The quantitative estimate of drug-likeness (QED) is 0.505. The fourth-order valence-corrected chi connectivity index (χ4v) is 0.753. The van der Waals surface area contributed by atoms with Crippen molar-refractivity contribution in [2.45, 2.75) is 6.92 Å². The number of nitrogens with zero attached hydrogens (tertiary/aromatic N) is 2. The Hall–Kier alpha value is -0.310. The van der Waals surface area contributed by atoms with Gasteiger partial charge in [0, 0.05) is 5.71 Å². The number of thiol groups is 1. The van der Waals surface area contributed by atoms with Crippen LogP contribution in [0.25, 0.3) is 0 Å². The van der Waals surface area contributed by atoms with E-state index in [1.54, 1.807) is 0 Å². The molecule has 0 fully saturated rings. The van der Waals surface area contributed by atoms with Gasteiger partial charge in [0.25, 0.3) is 0 Å². The van der Waals surface area contributed by atoms with Gasteiger partial charge in [-0.1, -0.05) is 0 Å². The van der Waals surface area contributed by atoms with Crippen molar-refractivity contribution < 1.29 is 0 Å². The topological polar surface area (TPSA) is 24.7 Å². The molecule has 0 N–H and O–H groups in total. The van der Waals surface area contributed by atoms with E-state index in [0.717, 1.165) is 18.1 Å². The Labute approximate surface area is 54.1 Å². The summed E-state index contributed by atoms with van der Waals surface area (Å²) in [5.74, 6) is 1.53. The lowest BCUT2D eigenvalue weighted by Gasteiger charge is -1.82. The molecular weight excluding hydrogens is 120 g/mol. The Morgan fingerprint density at radius 3 is 2.75 bits per heavy atom. The first-order valence-corrected chi connectivity index (χ1v) is 3.14. The van der Waals surface area contributed by atoms with E-state index in [0.29, 0.717) is 5.75 Å². The second kappa shape index (κ2) is 2.31. The maximum Gasteiger partial charge on any atom is 0.133 e. The van der Waals surface area contributed by atoms with Crippen molar-refractivity contribution in [2.24, 2.45) is 9.98 Å². The fraction of sp³-hybridized carbons (Fsp3) is 0.600.